The molecule has 5 nitrogen and oxygen atoms in total. The number of nitrogens with zero attached hydrogens (tertiary/aromatic N) is 3. The van der Waals surface area contributed by atoms with E-state index in [-0.39, 0.29) is 6.42 Å². The molecule has 0 spiro atoms. The minimum atomic E-state index is -0.712. The van der Waals surface area contributed by atoms with Gasteiger partial charge in [-0.2, -0.15) is 0 Å². The molecule has 2 heterocycles. The SMILES string of the molecule is O=C(O)CCCCSc1nnc2n1CCCCC2. The first kappa shape index (κ1) is 13.4. The van der Waals surface area contributed by atoms with Gasteiger partial charge in [-0.25, -0.2) is 0 Å². The molecule has 0 aliphatic carbocycles. The minimum absolute atomic E-state index is 0.262. The lowest BCUT2D eigenvalue weighted by Crippen LogP contribution is -2.02. The van der Waals surface area contributed by atoms with Crippen molar-refractivity contribution in [3.63, 3.8) is 0 Å². The quantitative estimate of drug-likeness (QED) is 0.634. The molecule has 1 N–H and O–H groups in total. The minimum Gasteiger partial charge on any atom is -0.481 e. The van der Waals surface area contributed by atoms with E-state index in [2.05, 4.69) is 14.8 Å². The van der Waals surface area contributed by atoms with E-state index in [4.69, 9.17) is 5.11 Å². The number of carbonyl (C=O) groups is 1. The third kappa shape index (κ3) is 3.73. The molecule has 0 saturated heterocycles. The molecule has 1 aliphatic rings. The maximum atomic E-state index is 10.4. The Hall–Kier alpha value is -1.04. The van der Waals surface area contributed by atoms with E-state index in [1.54, 1.807) is 11.8 Å². The van der Waals surface area contributed by atoms with Gasteiger partial charge in [-0.1, -0.05) is 18.2 Å². The lowest BCUT2D eigenvalue weighted by atomic mass is 10.2. The zero-order valence-electron chi connectivity index (χ0n) is 10.5. The maximum absolute atomic E-state index is 10.4. The number of carboxylic acid groups (broad SMARTS) is 1. The largest absolute Gasteiger partial charge is 0.481 e. The number of unbranched alkanes of at least 4 members (excludes halogenated alkanes) is 1. The first-order valence-corrected chi connectivity index (χ1v) is 7.52. The second kappa shape index (κ2) is 6.78. The van der Waals surface area contributed by atoms with E-state index in [0.29, 0.717) is 0 Å². The van der Waals surface area contributed by atoms with Crippen molar-refractivity contribution in [2.24, 2.45) is 0 Å². The average molecular weight is 269 g/mol. The second-order valence-corrected chi connectivity index (χ2v) is 5.62. The van der Waals surface area contributed by atoms with Gasteiger partial charge >= 0.3 is 5.97 Å². The van der Waals surface area contributed by atoms with Crippen LogP contribution in [0.5, 0.6) is 0 Å². The predicted molar refractivity (Wildman–Crippen MR) is 69.8 cm³/mol. The van der Waals surface area contributed by atoms with E-state index < -0.39 is 5.97 Å². The topological polar surface area (TPSA) is 68.0 Å². The molecule has 0 bridgehead atoms. The molecule has 0 atom stereocenters. The Morgan fingerprint density at radius 3 is 3.00 bits per heavy atom. The number of thioether (sulfide) groups is 1. The normalized spacial score (nSPS) is 15.1. The van der Waals surface area contributed by atoms with E-state index >= 15 is 0 Å². The highest BCUT2D eigenvalue weighted by Crippen LogP contribution is 2.22. The van der Waals surface area contributed by atoms with Crippen LogP contribution in [-0.2, 0) is 17.8 Å². The number of hydrogen-bond acceptors (Lipinski definition) is 4. The highest BCUT2D eigenvalue weighted by atomic mass is 32.2. The van der Waals surface area contributed by atoms with Crippen LogP contribution < -0.4 is 0 Å². The van der Waals surface area contributed by atoms with Crippen molar-refractivity contribution in [1.29, 1.82) is 0 Å². The smallest absolute Gasteiger partial charge is 0.303 e. The molecule has 1 aromatic rings. The Balaban J connectivity index is 1.79. The van der Waals surface area contributed by atoms with Crippen LogP contribution in [0.3, 0.4) is 0 Å². The van der Waals surface area contributed by atoms with E-state index in [1.165, 1.54) is 19.3 Å². The highest BCUT2D eigenvalue weighted by molar-refractivity contribution is 7.99. The fourth-order valence-electron chi connectivity index (χ4n) is 2.11. The zero-order chi connectivity index (χ0) is 12.8. The van der Waals surface area contributed by atoms with Crippen molar-refractivity contribution < 1.29 is 9.90 Å². The lowest BCUT2D eigenvalue weighted by Gasteiger charge is -2.05. The second-order valence-electron chi connectivity index (χ2n) is 4.56. The van der Waals surface area contributed by atoms with Gasteiger partial charge < -0.3 is 9.67 Å². The van der Waals surface area contributed by atoms with Gasteiger partial charge in [-0.3, -0.25) is 4.79 Å². The standard InChI is InChI=1S/C12H19N3O2S/c16-11(17)7-3-5-9-18-12-14-13-10-6-2-1-4-8-15(10)12/h1-9H2,(H,16,17). The summed E-state index contributed by atoms with van der Waals surface area (Å²) in [6, 6.07) is 0. The Bertz CT molecular complexity index is 406. The Morgan fingerprint density at radius 2 is 2.17 bits per heavy atom. The Kier molecular flexibility index (Phi) is 5.04. The Labute approximate surface area is 111 Å². The molecule has 0 unspecified atom stereocenters. The fraction of sp³-hybridized carbons (Fsp3) is 0.750. The molecule has 6 heteroatoms. The van der Waals surface area contributed by atoms with Gasteiger partial charge in [0.2, 0.25) is 0 Å². The number of aromatic nitrogens is 3. The van der Waals surface area contributed by atoms with Gasteiger partial charge in [0, 0.05) is 25.1 Å². The number of rotatable bonds is 6. The van der Waals surface area contributed by atoms with E-state index in [1.807, 2.05) is 0 Å². The number of aliphatic carboxylic acids is 1. The summed E-state index contributed by atoms with van der Waals surface area (Å²) in [5, 5.41) is 18.0. The van der Waals surface area contributed by atoms with Crippen LogP contribution in [0, 0.1) is 0 Å². The van der Waals surface area contributed by atoms with Crippen LogP contribution >= 0.6 is 11.8 Å². The van der Waals surface area contributed by atoms with Crippen molar-refractivity contribution in [3.05, 3.63) is 5.82 Å². The molecule has 0 radical (unpaired) electrons. The highest BCUT2D eigenvalue weighted by Gasteiger charge is 2.14. The molecule has 0 fully saturated rings. The molecule has 0 saturated carbocycles. The summed E-state index contributed by atoms with van der Waals surface area (Å²) >= 11 is 1.70. The molecule has 0 amide bonds. The van der Waals surface area contributed by atoms with Crippen molar-refractivity contribution in [3.8, 4) is 0 Å². The molecule has 1 aliphatic heterocycles. The van der Waals surface area contributed by atoms with Crippen molar-refractivity contribution in [1.82, 2.24) is 14.8 Å². The van der Waals surface area contributed by atoms with Gasteiger partial charge in [0.1, 0.15) is 5.82 Å². The van der Waals surface area contributed by atoms with Crippen molar-refractivity contribution in [2.75, 3.05) is 5.75 Å². The van der Waals surface area contributed by atoms with Gasteiger partial charge in [0.25, 0.3) is 0 Å². The Morgan fingerprint density at radius 1 is 1.28 bits per heavy atom. The summed E-state index contributed by atoms with van der Waals surface area (Å²) in [7, 11) is 0. The van der Waals surface area contributed by atoms with E-state index in [0.717, 1.165) is 42.5 Å². The lowest BCUT2D eigenvalue weighted by molar-refractivity contribution is -0.137. The first-order valence-electron chi connectivity index (χ1n) is 6.54. The van der Waals surface area contributed by atoms with Crippen molar-refractivity contribution >= 4 is 17.7 Å². The van der Waals surface area contributed by atoms with E-state index in [9.17, 15) is 4.79 Å². The van der Waals surface area contributed by atoms with Gasteiger partial charge in [-0.05, 0) is 25.7 Å². The zero-order valence-corrected chi connectivity index (χ0v) is 11.3. The number of aryl methyl sites for hydroxylation is 1. The summed E-state index contributed by atoms with van der Waals surface area (Å²) in [5.41, 5.74) is 0. The fourth-order valence-corrected chi connectivity index (χ4v) is 3.09. The third-order valence-electron chi connectivity index (χ3n) is 3.09. The number of hydrogen-bond donors (Lipinski definition) is 1. The molecule has 18 heavy (non-hydrogen) atoms. The molecule has 1 aromatic heterocycles. The summed E-state index contributed by atoms with van der Waals surface area (Å²) in [4.78, 5) is 10.4. The van der Waals surface area contributed by atoms with Crippen LogP contribution in [0.15, 0.2) is 5.16 Å². The molecule has 100 valence electrons. The van der Waals surface area contributed by atoms with Crippen LogP contribution in [-0.4, -0.2) is 31.6 Å². The van der Waals surface area contributed by atoms with Crippen LogP contribution in [0.25, 0.3) is 0 Å². The third-order valence-corrected chi connectivity index (χ3v) is 4.14. The first-order chi connectivity index (χ1) is 8.77. The summed E-state index contributed by atoms with van der Waals surface area (Å²) in [6.45, 7) is 1.03. The predicted octanol–water partition coefficient (Wildman–Crippen LogP) is 2.35. The van der Waals surface area contributed by atoms with Gasteiger partial charge in [0.05, 0.1) is 0 Å². The molecule has 0 aromatic carbocycles. The molecule has 2 rings (SSSR count). The van der Waals surface area contributed by atoms with Crippen molar-refractivity contribution in [2.45, 2.75) is 56.6 Å². The average Bonchev–Trinajstić information content (AvgIpc) is 2.58. The molecular formula is C12H19N3O2S. The maximum Gasteiger partial charge on any atom is 0.303 e. The molecular weight excluding hydrogens is 250 g/mol. The van der Waals surface area contributed by atoms with Gasteiger partial charge in [-0.15, -0.1) is 10.2 Å². The number of carboxylic acids is 1. The number of fused-ring (bicyclic) bond motifs is 1. The summed E-state index contributed by atoms with van der Waals surface area (Å²) in [6.07, 6.45) is 6.64. The monoisotopic (exact) mass is 269 g/mol. The summed E-state index contributed by atoms with van der Waals surface area (Å²) < 4.78 is 2.23. The van der Waals surface area contributed by atoms with Crippen LogP contribution in [0.4, 0.5) is 0 Å². The van der Waals surface area contributed by atoms with Crippen LogP contribution in [0.1, 0.15) is 44.3 Å². The summed E-state index contributed by atoms with van der Waals surface area (Å²) in [5.74, 6) is 1.32. The van der Waals surface area contributed by atoms with Crippen LogP contribution in [0.2, 0.25) is 0 Å². The van der Waals surface area contributed by atoms with Gasteiger partial charge in [0.15, 0.2) is 5.16 Å².